The number of amides is 1. The summed E-state index contributed by atoms with van der Waals surface area (Å²) in [6.45, 7) is 6.48. The average Bonchev–Trinajstić information content (AvgIpc) is 2.45. The average molecular weight is 352 g/mol. The quantitative estimate of drug-likeness (QED) is 0.703. The van der Waals surface area contributed by atoms with Crippen molar-refractivity contribution in [3.63, 3.8) is 0 Å². The smallest absolute Gasteiger partial charge is 0.254 e. The topological polar surface area (TPSA) is 20.3 Å². The molecule has 1 aromatic carbocycles. The minimum Gasteiger partial charge on any atom is -0.338 e. The van der Waals surface area contributed by atoms with Crippen LogP contribution in [-0.4, -0.2) is 28.7 Å². The van der Waals surface area contributed by atoms with Crippen LogP contribution in [0.3, 0.4) is 0 Å². The zero-order valence-corrected chi connectivity index (χ0v) is 15.1. The Kier molecular flexibility index (Phi) is 5.13. The van der Waals surface area contributed by atoms with Gasteiger partial charge in [-0.25, -0.2) is 0 Å². The second-order valence-corrected chi connectivity index (χ2v) is 8.26. The third-order valence-electron chi connectivity index (χ3n) is 4.43. The Labute approximate surface area is 137 Å². The van der Waals surface area contributed by atoms with E-state index >= 15 is 0 Å². The minimum absolute atomic E-state index is 0.0204. The van der Waals surface area contributed by atoms with Gasteiger partial charge in [-0.2, -0.15) is 0 Å². The summed E-state index contributed by atoms with van der Waals surface area (Å²) in [4.78, 5) is 15.3. The highest BCUT2D eigenvalue weighted by Gasteiger charge is 2.31. The predicted octanol–water partition coefficient (Wildman–Crippen LogP) is 4.76. The van der Waals surface area contributed by atoms with Crippen LogP contribution in [-0.2, 0) is 5.41 Å². The Morgan fingerprint density at radius 2 is 1.81 bits per heavy atom. The van der Waals surface area contributed by atoms with Gasteiger partial charge in [0.05, 0.1) is 0 Å². The van der Waals surface area contributed by atoms with Crippen LogP contribution < -0.4 is 0 Å². The van der Waals surface area contributed by atoms with Gasteiger partial charge in [0.15, 0.2) is 0 Å². The molecule has 3 heteroatoms. The maximum atomic E-state index is 13.0. The number of carbonyl (C=O) groups excluding carboxylic acids is 1. The molecule has 1 aromatic rings. The maximum absolute atomic E-state index is 13.0. The molecular weight excluding hydrogens is 326 g/mol. The molecule has 0 bridgehead atoms. The third-order valence-corrected chi connectivity index (χ3v) is 5.50. The molecular formula is C18H26BrNO. The van der Waals surface area contributed by atoms with Crippen molar-refractivity contribution >= 4 is 21.8 Å². The first-order chi connectivity index (χ1) is 9.82. The van der Waals surface area contributed by atoms with E-state index in [1.807, 2.05) is 30.1 Å². The predicted molar refractivity (Wildman–Crippen MR) is 92.2 cm³/mol. The van der Waals surface area contributed by atoms with E-state index in [9.17, 15) is 4.79 Å². The van der Waals surface area contributed by atoms with Crippen LogP contribution in [0.15, 0.2) is 24.3 Å². The lowest BCUT2D eigenvalue weighted by Crippen LogP contribution is -2.44. The number of benzene rings is 1. The number of rotatable bonds is 2. The van der Waals surface area contributed by atoms with Gasteiger partial charge in [-0.05, 0) is 29.9 Å². The monoisotopic (exact) mass is 351 g/mol. The minimum atomic E-state index is -0.0204. The van der Waals surface area contributed by atoms with Crippen molar-refractivity contribution in [1.82, 2.24) is 4.90 Å². The van der Waals surface area contributed by atoms with Crippen molar-refractivity contribution in [2.24, 2.45) is 0 Å². The Balaban J connectivity index is 2.28. The maximum Gasteiger partial charge on any atom is 0.254 e. The van der Waals surface area contributed by atoms with Crippen molar-refractivity contribution in [2.45, 2.75) is 62.7 Å². The summed E-state index contributed by atoms with van der Waals surface area (Å²) in [6.07, 6.45) is 4.72. The summed E-state index contributed by atoms with van der Waals surface area (Å²) in [5.74, 6) is 0.150. The molecule has 0 spiro atoms. The van der Waals surface area contributed by atoms with Crippen LogP contribution in [0, 0.1) is 0 Å². The molecule has 0 radical (unpaired) electrons. The van der Waals surface area contributed by atoms with Gasteiger partial charge in [0.25, 0.3) is 5.91 Å². The van der Waals surface area contributed by atoms with Crippen molar-refractivity contribution < 1.29 is 4.79 Å². The van der Waals surface area contributed by atoms with E-state index in [0.717, 1.165) is 24.0 Å². The van der Waals surface area contributed by atoms with E-state index in [-0.39, 0.29) is 11.3 Å². The van der Waals surface area contributed by atoms with Crippen LogP contribution in [0.4, 0.5) is 0 Å². The van der Waals surface area contributed by atoms with Crippen LogP contribution in [0.1, 0.15) is 62.4 Å². The zero-order valence-electron chi connectivity index (χ0n) is 13.5. The fourth-order valence-corrected chi connectivity index (χ4v) is 4.11. The Morgan fingerprint density at radius 3 is 2.43 bits per heavy atom. The summed E-state index contributed by atoms with van der Waals surface area (Å²) in [7, 11) is 1.95. The number of halogens is 1. The van der Waals surface area contributed by atoms with Gasteiger partial charge in [-0.1, -0.05) is 67.7 Å². The van der Waals surface area contributed by atoms with Gasteiger partial charge in [0.2, 0.25) is 0 Å². The fourth-order valence-electron chi connectivity index (χ4n) is 3.17. The highest BCUT2D eigenvalue weighted by Crippen LogP contribution is 2.31. The molecule has 1 aliphatic carbocycles. The Morgan fingerprint density at radius 1 is 1.19 bits per heavy atom. The Hall–Kier alpha value is -0.830. The molecule has 21 heavy (non-hydrogen) atoms. The molecule has 2 rings (SSSR count). The van der Waals surface area contributed by atoms with Crippen molar-refractivity contribution in [3.05, 3.63) is 35.4 Å². The first-order valence-corrected chi connectivity index (χ1v) is 8.74. The highest BCUT2D eigenvalue weighted by molar-refractivity contribution is 9.09. The zero-order chi connectivity index (χ0) is 15.6. The van der Waals surface area contributed by atoms with Gasteiger partial charge in [0.1, 0.15) is 0 Å². The largest absolute Gasteiger partial charge is 0.338 e. The van der Waals surface area contributed by atoms with Gasteiger partial charge in [0, 0.05) is 23.5 Å². The molecule has 116 valence electrons. The molecule has 1 amide bonds. The van der Waals surface area contributed by atoms with E-state index in [1.165, 1.54) is 12.8 Å². The highest BCUT2D eigenvalue weighted by atomic mass is 79.9. The number of alkyl halides is 1. The summed E-state index contributed by atoms with van der Waals surface area (Å²) in [5.41, 5.74) is 1.95. The van der Waals surface area contributed by atoms with E-state index < -0.39 is 0 Å². The number of hydrogen-bond donors (Lipinski definition) is 0. The van der Waals surface area contributed by atoms with E-state index in [4.69, 9.17) is 0 Å². The van der Waals surface area contributed by atoms with Crippen LogP contribution in [0.5, 0.6) is 0 Å². The van der Waals surface area contributed by atoms with Gasteiger partial charge in [-0.3, -0.25) is 4.79 Å². The van der Waals surface area contributed by atoms with Gasteiger partial charge in [-0.15, -0.1) is 0 Å². The molecule has 0 heterocycles. The molecule has 1 saturated carbocycles. The molecule has 1 aliphatic rings. The summed E-state index contributed by atoms with van der Waals surface area (Å²) in [5, 5.41) is 0. The van der Waals surface area contributed by atoms with Crippen LogP contribution in [0.2, 0.25) is 0 Å². The van der Waals surface area contributed by atoms with E-state index in [1.54, 1.807) is 0 Å². The molecule has 2 nitrogen and oxygen atoms in total. The normalized spacial score (nSPS) is 22.9. The molecule has 2 unspecified atom stereocenters. The first-order valence-electron chi connectivity index (χ1n) is 7.83. The third kappa shape index (κ3) is 3.68. The SMILES string of the molecule is CN(C(=O)c1ccccc1C(C)(C)C)C1CCCCC1Br. The number of hydrogen-bond acceptors (Lipinski definition) is 1. The lowest BCUT2D eigenvalue weighted by atomic mass is 9.83. The molecule has 0 aliphatic heterocycles. The van der Waals surface area contributed by atoms with Crippen molar-refractivity contribution in [2.75, 3.05) is 7.05 Å². The molecule has 0 N–H and O–H groups in total. The van der Waals surface area contributed by atoms with Crippen molar-refractivity contribution in [1.29, 1.82) is 0 Å². The molecule has 2 atom stereocenters. The van der Waals surface area contributed by atoms with Gasteiger partial charge >= 0.3 is 0 Å². The summed E-state index contributed by atoms with van der Waals surface area (Å²) < 4.78 is 0. The lowest BCUT2D eigenvalue weighted by molar-refractivity contribution is 0.0702. The molecule has 0 aromatic heterocycles. The van der Waals surface area contributed by atoms with E-state index in [0.29, 0.717) is 10.9 Å². The van der Waals surface area contributed by atoms with Gasteiger partial charge < -0.3 is 4.90 Å². The summed E-state index contributed by atoms with van der Waals surface area (Å²) in [6, 6.07) is 8.33. The summed E-state index contributed by atoms with van der Waals surface area (Å²) >= 11 is 3.76. The van der Waals surface area contributed by atoms with Crippen LogP contribution in [0.25, 0.3) is 0 Å². The fraction of sp³-hybridized carbons (Fsp3) is 0.611. The van der Waals surface area contributed by atoms with Crippen molar-refractivity contribution in [3.8, 4) is 0 Å². The molecule has 1 fully saturated rings. The number of carbonyl (C=O) groups is 1. The van der Waals surface area contributed by atoms with E-state index in [2.05, 4.69) is 42.8 Å². The number of nitrogens with zero attached hydrogens (tertiary/aromatic N) is 1. The van der Waals surface area contributed by atoms with Crippen LogP contribution >= 0.6 is 15.9 Å². The Bertz CT molecular complexity index is 506. The second kappa shape index (κ2) is 6.51. The first kappa shape index (κ1) is 16.5. The lowest BCUT2D eigenvalue weighted by Gasteiger charge is -2.36. The standard InChI is InChI=1S/C18H26BrNO/c1-18(2,3)14-10-6-5-9-13(14)17(21)20(4)16-12-8-7-11-15(16)19/h5-6,9-10,15-16H,7-8,11-12H2,1-4H3. The molecule has 0 saturated heterocycles. The second-order valence-electron chi connectivity index (χ2n) is 7.08.